The van der Waals surface area contributed by atoms with E-state index in [0.717, 1.165) is 10.7 Å². The first kappa shape index (κ1) is 21.0. The molecule has 0 spiro atoms. The van der Waals surface area contributed by atoms with Crippen molar-refractivity contribution in [3.8, 4) is 17.0 Å². The summed E-state index contributed by atoms with van der Waals surface area (Å²) in [5.74, 6) is -0.902. The van der Waals surface area contributed by atoms with Gasteiger partial charge in [-0.15, -0.1) is 5.10 Å². The van der Waals surface area contributed by atoms with Crippen LogP contribution in [0.15, 0.2) is 29.1 Å². The van der Waals surface area contributed by atoms with Crippen LogP contribution < -0.4 is 10.3 Å². The van der Waals surface area contributed by atoms with Gasteiger partial charge >= 0.3 is 6.43 Å². The van der Waals surface area contributed by atoms with Gasteiger partial charge in [-0.05, 0) is 51.5 Å². The third-order valence-corrected chi connectivity index (χ3v) is 3.84. The van der Waals surface area contributed by atoms with Crippen molar-refractivity contribution in [3.63, 3.8) is 0 Å². The lowest BCUT2D eigenvalue weighted by Crippen LogP contribution is -2.36. The first-order chi connectivity index (χ1) is 12.4. The highest BCUT2D eigenvalue weighted by atomic mass is 35.5. The molecule has 0 fully saturated rings. The summed E-state index contributed by atoms with van der Waals surface area (Å²) >= 11 is 5.97. The van der Waals surface area contributed by atoms with E-state index in [0.29, 0.717) is 0 Å². The molecule has 0 bridgehead atoms. The van der Waals surface area contributed by atoms with Gasteiger partial charge in [-0.3, -0.25) is 9.59 Å². The van der Waals surface area contributed by atoms with E-state index in [1.165, 1.54) is 25.1 Å². The minimum atomic E-state index is -3.42. The molecular formula is C18H18ClF3N2O3. The molecule has 5 nitrogen and oxygen atoms in total. The van der Waals surface area contributed by atoms with E-state index < -0.39 is 29.8 Å². The molecule has 1 unspecified atom stereocenters. The van der Waals surface area contributed by atoms with Crippen LogP contribution in [0.5, 0.6) is 5.88 Å². The summed E-state index contributed by atoms with van der Waals surface area (Å²) < 4.78 is 44.6. The SMILES string of the molecule is CC(=O)c1ccc(Cl)cc1-c1cc(=O)n(C(C)(C)C)nc1OC(F)C(F)F. The van der Waals surface area contributed by atoms with E-state index in [9.17, 15) is 22.8 Å². The number of hydrogen-bond acceptors (Lipinski definition) is 4. The molecule has 0 aliphatic heterocycles. The highest BCUT2D eigenvalue weighted by Gasteiger charge is 2.27. The van der Waals surface area contributed by atoms with Crippen LogP contribution in [0, 0.1) is 0 Å². The molecule has 0 saturated heterocycles. The maximum Gasteiger partial charge on any atom is 0.304 e. The Labute approximate surface area is 158 Å². The zero-order valence-corrected chi connectivity index (χ0v) is 15.9. The molecule has 27 heavy (non-hydrogen) atoms. The third kappa shape index (κ3) is 4.68. The van der Waals surface area contributed by atoms with Crippen LogP contribution in [0.2, 0.25) is 5.02 Å². The number of nitrogens with zero attached hydrogens (tertiary/aromatic N) is 2. The second-order valence-corrected chi connectivity index (χ2v) is 7.27. The summed E-state index contributed by atoms with van der Waals surface area (Å²) in [6.45, 7) is 6.26. The Balaban J connectivity index is 2.79. The summed E-state index contributed by atoms with van der Waals surface area (Å²) in [5.41, 5.74) is -1.20. The van der Waals surface area contributed by atoms with Crippen LogP contribution >= 0.6 is 11.6 Å². The monoisotopic (exact) mass is 402 g/mol. The summed E-state index contributed by atoms with van der Waals surface area (Å²) in [4.78, 5) is 24.4. The topological polar surface area (TPSA) is 61.2 Å². The van der Waals surface area contributed by atoms with Crippen LogP contribution in [0.1, 0.15) is 38.1 Å². The fourth-order valence-corrected chi connectivity index (χ4v) is 2.58. The van der Waals surface area contributed by atoms with Gasteiger partial charge in [-0.25, -0.2) is 13.5 Å². The van der Waals surface area contributed by atoms with Crippen molar-refractivity contribution in [2.24, 2.45) is 0 Å². The first-order valence-electron chi connectivity index (χ1n) is 7.96. The Kier molecular flexibility index (Phi) is 5.99. The maximum absolute atomic E-state index is 13.6. The van der Waals surface area contributed by atoms with Gasteiger partial charge in [0.2, 0.25) is 5.88 Å². The van der Waals surface area contributed by atoms with Gasteiger partial charge in [0, 0.05) is 16.7 Å². The van der Waals surface area contributed by atoms with Gasteiger partial charge < -0.3 is 4.74 Å². The van der Waals surface area contributed by atoms with Crippen molar-refractivity contribution in [1.82, 2.24) is 9.78 Å². The molecule has 1 aromatic carbocycles. The Bertz CT molecular complexity index is 923. The summed E-state index contributed by atoms with van der Waals surface area (Å²) in [6.07, 6.45) is -6.37. The largest absolute Gasteiger partial charge is 0.435 e. The van der Waals surface area contributed by atoms with Crippen molar-refractivity contribution in [1.29, 1.82) is 0 Å². The van der Waals surface area contributed by atoms with E-state index in [1.807, 2.05) is 0 Å². The molecule has 1 aromatic heterocycles. The summed E-state index contributed by atoms with van der Waals surface area (Å²) in [5, 5.41) is 4.15. The van der Waals surface area contributed by atoms with Crippen LogP contribution in [-0.2, 0) is 5.54 Å². The minimum absolute atomic E-state index is 0.100. The molecule has 2 aromatic rings. The second kappa shape index (κ2) is 7.72. The molecule has 1 atom stereocenters. The summed E-state index contributed by atoms with van der Waals surface area (Å²) in [7, 11) is 0. The number of benzene rings is 1. The number of halogens is 4. The molecule has 0 N–H and O–H groups in total. The van der Waals surface area contributed by atoms with E-state index in [-0.39, 0.29) is 27.5 Å². The zero-order chi connectivity index (χ0) is 20.5. The van der Waals surface area contributed by atoms with Gasteiger partial charge in [0.15, 0.2) is 5.78 Å². The maximum atomic E-state index is 13.6. The number of carbonyl (C=O) groups is 1. The second-order valence-electron chi connectivity index (χ2n) is 6.83. The normalized spacial score (nSPS) is 12.9. The standard InChI is InChI=1S/C18H18ClF3N2O3/c1-9(25)11-6-5-10(19)7-12(11)13-8-14(26)24(18(2,3)4)23-17(13)27-16(22)15(20)21/h5-8,15-16H,1-4H3. The Morgan fingerprint density at radius 3 is 2.33 bits per heavy atom. The minimum Gasteiger partial charge on any atom is -0.435 e. The van der Waals surface area contributed by atoms with Crippen LogP contribution in [-0.4, -0.2) is 28.3 Å². The van der Waals surface area contributed by atoms with Crippen molar-refractivity contribution < 1.29 is 22.7 Å². The molecule has 1 heterocycles. The van der Waals surface area contributed by atoms with Gasteiger partial charge in [-0.2, -0.15) is 4.39 Å². The third-order valence-electron chi connectivity index (χ3n) is 3.61. The molecule has 0 aliphatic rings. The fraction of sp³-hybridized carbons (Fsp3) is 0.389. The highest BCUT2D eigenvalue weighted by Crippen LogP contribution is 2.33. The molecule has 9 heteroatoms. The Morgan fingerprint density at radius 1 is 1.19 bits per heavy atom. The Morgan fingerprint density at radius 2 is 1.81 bits per heavy atom. The molecular weight excluding hydrogens is 385 g/mol. The number of carbonyl (C=O) groups excluding carboxylic acids is 1. The number of rotatable bonds is 5. The number of ether oxygens (including phenoxy) is 1. The van der Waals surface area contributed by atoms with E-state index in [2.05, 4.69) is 9.84 Å². The van der Waals surface area contributed by atoms with Crippen molar-refractivity contribution in [3.05, 3.63) is 45.2 Å². The van der Waals surface area contributed by atoms with Crippen LogP contribution in [0.4, 0.5) is 13.2 Å². The van der Waals surface area contributed by atoms with Gasteiger partial charge in [0.25, 0.3) is 11.9 Å². The number of ketones is 1. The lowest BCUT2D eigenvalue weighted by atomic mass is 9.98. The van der Waals surface area contributed by atoms with Crippen LogP contribution in [0.25, 0.3) is 11.1 Å². The van der Waals surface area contributed by atoms with Crippen LogP contribution in [0.3, 0.4) is 0 Å². The van der Waals surface area contributed by atoms with Gasteiger partial charge in [-0.1, -0.05) is 11.6 Å². The van der Waals surface area contributed by atoms with E-state index >= 15 is 0 Å². The van der Waals surface area contributed by atoms with E-state index in [1.54, 1.807) is 20.8 Å². The average Bonchev–Trinajstić information content (AvgIpc) is 2.54. The fourth-order valence-electron chi connectivity index (χ4n) is 2.41. The first-order valence-corrected chi connectivity index (χ1v) is 8.34. The number of hydrogen-bond donors (Lipinski definition) is 0. The van der Waals surface area contributed by atoms with Crippen molar-refractivity contribution in [2.45, 2.75) is 46.0 Å². The molecule has 2 rings (SSSR count). The number of alkyl halides is 3. The molecule has 0 aliphatic carbocycles. The predicted octanol–water partition coefficient (Wildman–Crippen LogP) is 4.46. The smallest absolute Gasteiger partial charge is 0.304 e. The number of Topliss-reactive ketones (excluding diaryl/α,β-unsaturated/α-hetero) is 1. The van der Waals surface area contributed by atoms with Crippen molar-refractivity contribution in [2.75, 3.05) is 0 Å². The molecule has 146 valence electrons. The average molecular weight is 403 g/mol. The lowest BCUT2D eigenvalue weighted by molar-refractivity contribution is -0.0698. The van der Waals surface area contributed by atoms with Gasteiger partial charge in [0.1, 0.15) is 0 Å². The molecule has 0 radical (unpaired) electrons. The van der Waals surface area contributed by atoms with E-state index in [4.69, 9.17) is 11.6 Å². The van der Waals surface area contributed by atoms with Gasteiger partial charge in [0.05, 0.1) is 11.1 Å². The highest BCUT2D eigenvalue weighted by molar-refractivity contribution is 6.31. The quantitative estimate of drug-likeness (QED) is 0.693. The Hall–Kier alpha value is -2.35. The lowest BCUT2D eigenvalue weighted by Gasteiger charge is -2.23. The predicted molar refractivity (Wildman–Crippen MR) is 95.5 cm³/mol. The molecule has 0 amide bonds. The van der Waals surface area contributed by atoms with Crippen molar-refractivity contribution >= 4 is 17.4 Å². The number of aromatic nitrogens is 2. The summed E-state index contributed by atoms with van der Waals surface area (Å²) in [6, 6.07) is 5.30. The zero-order valence-electron chi connectivity index (χ0n) is 15.1. The molecule has 0 saturated carbocycles.